The Balaban J connectivity index is 0.00000288. The summed E-state index contributed by atoms with van der Waals surface area (Å²) in [5.41, 5.74) is 5.71. The maximum Gasteiger partial charge on any atom is 0.243 e. The van der Waals surface area contributed by atoms with E-state index in [0.29, 0.717) is 0 Å². The molecule has 1 atom stereocenters. The Morgan fingerprint density at radius 3 is 2.29 bits per heavy atom. The second-order valence-electron chi connectivity index (χ2n) is 5.65. The number of nitrogens with two attached hydrogens (primary N) is 1. The average Bonchev–Trinajstić information content (AvgIpc) is 3.06. The van der Waals surface area contributed by atoms with Crippen molar-refractivity contribution in [3.05, 3.63) is 17.9 Å². The molecule has 0 bridgehead atoms. The molecule has 1 saturated carbocycles. The largest absolute Gasteiger partial charge is 0.493 e. The maximum atomic E-state index is 14.2. The van der Waals surface area contributed by atoms with Gasteiger partial charge in [-0.25, -0.2) is 17.5 Å². The average molecular weight is 383 g/mol. The lowest BCUT2D eigenvalue weighted by molar-refractivity contribution is 0.350. The molecule has 1 aliphatic rings. The summed E-state index contributed by atoms with van der Waals surface area (Å²) < 4.78 is 51.8. The molecule has 1 aliphatic carbocycles. The number of nitrogens with one attached hydrogen (secondary N) is 1. The summed E-state index contributed by atoms with van der Waals surface area (Å²) in [6, 6.07) is 1.73. The Hall–Kier alpha value is -1.09. The van der Waals surface area contributed by atoms with Gasteiger partial charge >= 0.3 is 0 Å². The Bertz CT molecular complexity index is 651. The van der Waals surface area contributed by atoms with Crippen molar-refractivity contribution >= 4 is 22.4 Å². The minimum absolute atomic E-state index is 0. The van der Waals surface area contributed by atoms with E-state index < -0.39 is 26.8 Å². The Kier molecular flexibility index (Phi) is 7.72. The lowest BCUT2D eigenvalue weighted by Crippen LogP contribution is -2.44. The number of sulfonamides is 1. The van der Waals surface area contributed by atoms with Gasteiger partial charge in [-0.1, -0.05) is 12.8 Å². The van der Waals surface area contributed by atoms with E-state index >= 15 is 0 Å². The number of halogens is 2. The monoisotopic (exact) mass is 382 g/mol. The van der Waals surface area contributed by atoms with Crippen LogP contribution >= 0.6 is 12.4 Å². The van der Waals surface area contributed by atoms with E-state index in [0.717, 1.165) is 37.8 Å². The van der Waals surface area contributed by atoms with Crippen LogP contribution < -0.4 is 19.9 Å². The van der Waals surface area contributed by atoms with E-state index in [9.17, 15) is 12.8 Å². The third-order valence-corrected chi connectivity index (χ3v) is 5.76. The fourth-order valence-corrected chi connectivity index (χ4v) is 4.39. The summed E-state index contributed by atoms with van der Waals surface area (Å²) in [6.45, 7) is 0.179. The highest BCUT2D eigenvalue weighted by Crippen LogP contribution is 2.33. The number of hydrogen-bond acceptors (Lipinski definition) is 5. The molecule has 1 unspecified atom stereocenters. The van der Waals surface area contributed by atoms with Crippen molar-refractivity contribution in [1.29, 1.82) is 0 Å². The van der Waals surface area contributed by atoms with Crippen molar-refractivity contribution in [1.82, 2.24) is 4.72 Å². The Morgan fingerprint density at radius 2 is 1.79 bits per heavy atom. The molecule has 3 N–H and O–H groups in total. The fraction of sp³-hybridized carbons (Fsp3) is 0.600. The smallest absolute Gasteiger partial charge is 0.243 e. The molecule has 24 heavy (non-hydrogen) atoms. The molecule has 0 spiro atoms. The standard InChI is InChI=1S/C15H23FN2O4S.ClH/c1-21-13-7-11(16)15(8-14(13)22-2)23(19,20)18-12(9-17)10-5-3-4-6-10;/h7-8,10,12,18H,3-6,9,17H2,1-2H3;1H. The SMILES string of the molecule is COc1cc(F)c(S(=O)(=O)NC(CN)C2CCCC2)cc1OC.Cl. The number of benzene rings is 1. The van der Waals surface area contributed by atoms with Crippen LogP contribution in [-0.4, -0.2) is 35.2 Å². The van der Waals surface area contributed by atoms with Crippen LogP contribution in [-0.2, 0) is 10.0 Å². The second kappa shape index (κ2) is 8.84. The summed E-state index contributed by atoms with van der Waals surface area (Å²) in [6.07, 6.45) is 3.98. The molecule has 2 rings (SSSR count). The number of methoxy groups -OCH3 is 2. The van der Waals surface area contributed by atoms with Crippen LogP contribution in [0.2, 0.25) is 0 Å². The summed E-state index contributed by atoms with van der Waals surface area (Å²) >= 11 is 0. The van der Waals surface area contributed by atoms with E-state index in [2.05, 4.69) is 4.72 Å². The van der Waals surface area contributed by atoms with E-state index in [1.54, 1.807) is 0 Å². The first kappa shape index (κ1) is 21.0. The van der Waals surface area contributed by atoms with Crippen LogP contribution in [0.4, 0.5) is 4.39 Å². The van der Waals surface area contributed by atoms with Crippen LogP contribution in [0.5, 0.6) is 11.5 Å². The van der Waals surface area contributed by atoms with Crippen molar-refractivity contribution in [3.63, 3.8) is 0 Å². The zero-order chi connectivity index (χ0) is 17.0. The molecule has 0 aromatic heterocycles. The van der Waals surface area contributed by atoms with Gasteiger partial charge < -0.3 is 15.2 Å². The van der Waals surface area contributed by atoms with Gasteiger partial charge in [0.15, 0.2) is 11.5 Å². The van der Waals surface area contributed by atoms with Gasteiger partial charge in [0.1, 0.15) is 10.7 Å². The lowest BCUT2D eigenvalue weighted by Gasteiger charge is -2.23. The minimum Gasteiger partial charge on any atom is -0.493 e. The molecule has 0 aliphatic heterocycles. The molecular formula is C15H24ClFN2O4S. The summed E-state index contributed by atoms with van der Waals surface area (Å²) in [5.74, 6) is -0.412. The molecule has 0 heterocycles. The van der Waals surface area contributed by atoms with Gasteiger partial charge in [0.05, 0.1) is 14.2 Å². The highest BCUT2D eigenvalue weighted by atomic mass is 35.5. The zero-order valence-electron chi connectivity index (χ0n) is 13.7. The van der Waals surface area contributed by atoms with Crippen LogP contribution in [0.3, 0.4) is 0 Å². The summed E-state index contributed by atoms with van der Waals surface area (Å²) in [4.78, 5) is -0.466. The molecular weight excluding hydrogens is 359 g/mol. The first-order valence-electron chi connectivity index (χ1n) is 7.57. The van der Waals surface area contributed by atoms with Crippen molar-refractivity contribution in [2.24, 2.45) is 11.7 Å². The van der Waals surface area contributed by atoms with E-state index in [1.807, 2.05) is 0 Å². The van der Waals surface area contributed by atoms with Crippen molar-refractivity contribution in [2.45, 2.75) is 36.6 Å². The predicted octanol–water partition coefficient (Wildman–Crippen LogP) is 2.06. The quantitative estimate of drug-likeness (QED) is 0.753. The van der Waals surface area contributed by atoms with Crippen LogP contribution in [0.15, 0.2) is 17.0 Å². The third kappa shape index (κ3) is 4.50. The number of ether oxygens (including phenoxy) is 2. The Morgan fingerprint density at radius 1 is 1.25 bits per heavy atom. The van der Waals surface area contributed by atoms with Crippen LogP contribution in [0.25, 0.3) is 0 Å². The number of hydrogen-bond donors (Lipinski definition) is 2. The van der Waals surface area contributed by atoms with Gasteiger partial charge in [-0.15, -0.1) is 12.4 Å². The second-order valence-corrected chi connectivity index (χ2v) is 7.33. The van der Waals surface area contributed by atoms with Gasteiger partial charge in [-0.2, -0.15) is 0 Å². The van der Waals surface area contributed by atoms with Gasteiger partial charge in [0.2, 0.25) is 10.0 Å². The fourth-order valence-electron chi connectivity index (χ4n) is 3.00. The highest BCUT2D eigenvalue weighted by molar-refractivity contribution is 7.89. The summed E-state index contributed by atoms with van der Waals surface area (Å²) in [5, 5.41) is 0. The first-order valence-corrected chi connectivity index (χ1v) is 9.05. The molecule has 1 aromatic rings. The normalized spacial score (nSPS) is 16.5. The molecule has 138 valence electrons. The Labute approximate surface area is 148 Å². The molecule has 0 saturated heterocycles. The van der Waals surface area contributed by atoms with Gasteiger partial charge in [0, 0.05) is 24.7 Å². The lowest BCUT2D eigenvalue weighted by atomic mass is 9.99. The maximum absolute atomic E-state index is 14.2. The molecule has 9 heteroatoms. The molecule has 1 fully saturated rings. The van der Waals surface area contributed by atoms with Crippen molar-refractivity contribution in [3.8, 4) is 11.5 Å². The molecule has 0 radical (unpaired) electrons. The summed E-state index contributed by atoms with van der Waals surface area (Å²) in [7, 11) is -1.32. The highest BCUT2D eigenvalue weighted by Gasteiger charge is 2.30. The first-order chi connectivity index (χ1) is 10.9. The van der Waals surface area contributed by atoms with Crippen LogP contribution in [0, 0.1) is 11.7 Å². The van der Waals surface area contributed by atoms with Crippen LogP contribution in [0.1, 0.15) is 25.7 Å². The van der Waals surface area contributed by atoms with E-state index in [4.69, 9.17) is 15.2 Å². The molecule has 0 amide bonds. The van der Waals surface area contributed by atoms with E-state index in [1.165, 1.54) is 14.2 Å². The predicted molar refractivity (Wildman–Crippen MR) is 91.9 cm³/mol. The molecule has 6 nitrogen and oxygen atoms in total. The third-order valence-electron chi connectivity index (χ3n) is 4.26. The van der Waals surface area contributed by atoms with Gasteiger partial charge in [-0.3, -0.25) is 0 Å². The van der Waals surface area contributed by atoms with Crippen molar-refractivity contribution in [2.75, 3.05) is 20.8 Å². The molecule has 1 aromatic carbocycles. The van der Waals surface area contributed by atoms with Gasteiger partial charge in [0.25, 0.3) is 0 Å². The topological polar surface area (TPSA) is 90.7 Å². The zero-order valence-corrected chi connectivity index (χ0v) is 15.4. The van der Waals surface area contributed by atoms with Gasteiger partial charge in [-0.05, 0) is 18.8 Å². The minimum atomic E-state index is -4.04. The number of rotatable bonds is 7. The van der Waals surface area contributed by atoms with E-state index in [-0.39, 0.29) is 36.4 Å². The van der Waals surface area contributed by atoms with Crippen molar-refractivity contribution < 1.29 is 22.3 Å².